The normalized spacial score (nSPS) is 13.4. The first-order valence-electron chi connectivity index (χ1n) is 10.4. The summed E-state index contributed by atoms with van der Waals surface area (Å²) in [7, 11) is 0. The number of alkyl halides is 3. The standard InChI is InChI=1S/C23H20F3N5O3/c1-13-18(11-28-21(33)19-5-6-20(32)30-29-19)17-7-8-31(12-15(17)10-27-13)22(34)14-3-2-4-16(9-14)23(24,25)26/h2-6,9-10H,7-8,11-12H2,1H3,(H,28,33)(H,30,32). The highest BCUT2D eigenvalue weighted by molar-refractivity contribution is 5.94. The predicted octanol–water partition coefficient (Wildman–Crippen LogP) is 2.62. The number of hydrogen-bond donors (Lipinski definition) is 2. The van der Waals surface area contributed by atoms with Gasteiger partial charge in [-0.05, 0) is 54.3 Å². The van der Waals surface area contributed by atoms with Gasteiger partial charge >= 0.3 is 6.18 Å². The molecule has 1 aliphatic rings. The molecule has 0 bridgehead atoms. The van der Waals surface area contributed by atoms with Crippen molar-refractivity contribution in [1.82, 2.24) is 25.4 Å². The smallest absolute Gasteiger partial charge is 0.346 e. The zero-order valence-corrected chi connectivity index (χ0v) is 18.1. The molecule has 3 aromatic rings. The zero-order chi connectivity index (χ0) is 24.5. The summed E-state index contributed by atoms with van der Waals surface area (Å²) >= 11 is 0. The number of carbonyl (C=O) groups is 2. The van der Waals surface area contributed by atoms with Crippen molar-refractivity contribution in [2.24, 2.45) is 0 Å². The second kappa shape index (κ2) is 9.08. The minimum Gasteiger partial charge on any atom is -0.346 e. The fraction of sp³-hybridized carbons (Fsp3) is 0.261. The first-order valence-corrected chi connectivity index (χ1v) is 10.4. The van der Waals surface area contributed by atoms with Crippen molar-refractivity contribution in [3.05, 3.63) is 92.2 Å². The number of halogens is 3. The molecule has 0 saturated heterocycles. The molecule has 0 radical (unpaired) electrons. The summed E-state index contributed by atoms with van der Waals surface area (Å²) in [6, 6.07) is 6.89. The number of amides is 2. The first-order chi connectivity index (χ1) is 16.1. The van der Waals surface area contributed by atoms with Crippen LogP contribution in [0.4, 0.5) is 13.2 Å². The Bertz CT molecular complexity index is 1300. The van der Waals surface area contributed by atoms with Crippen LogP contribution in [0.15, 0.2) is 47.4 Å². The molecule has 0 fully saturated rings. The summed E-state index contributed by atoms with van der Waals surface area (Å²) in [4.78, 5) is 42.2. The molecule has 0 saturated carbocycles. The number of carbonyl (C=O) groups excluding carboxylic acids is 2. The summed E-state index contributed by atoms with van der Waals surface area (Å²) in [5, 5.41) is 8.66. The molecule has 1 aromatic carbocycles. The molecule has 4 rings (SSSR count). The molecular weight excluding hydrogens is 451 g/mol. The van der Waals surface area contributed by atoms with E-state index < -0.39 is 29.1 Å². The average Bonchev–Trinajstić information content (AvgIpc) is 2.82. The van der Waals surface area contributed by atoms with Gasteiger partial charge in [0.2, 0.25) is 0 Å². The number of hydrogen-bond acceptors (Lipinski definition) is 5. The molecule has 8 nitrogen and oxygen atoms in total. The van der Waals surface area contributed by atoms with Crippen molar-refractivity contribution in [2.75, 3.05) is 6.54 Å². The van der Waals surface area contributed by atoms with E-state index in [9.17, 15) is 27.6 Å². The molecule has 0 spiro atoms. The number of aromatic nitrogens is 3. The lowest BCUT2D eigenvalue weighted by molar-refractivity contribution is -0.137. The fourth-order valence-electron chi connectivity index (χ4n) is 3.87. The number of aryl methyl sites for hydroxylation is 1. The van der Waals surface area contributed by atoms with Crippen LogP contribution < -0.4 is 10.9 Å². The Kier molecular flexibility index (Phi) is 6.18. The average molecular weight is 471 g/mol. The third-order valence-corrected chi connectivity index (χ3v) is 5.66. The predicted molar refractivity (Wildman–Crippen MR) is 115 cm³/mol. The Morgan fingerprint density at radius 1 is 1.21 bits per heavy atom. The maximum Gasteiger partial charge on any atom is 0.416 e. The van der Waals surface area contributed by atoms with Crippen LogP contribution in [0, 0.1) is 6.92 Å². The molecule has 2 N–H and O–H groups in total. The maximum atomic E-state index is 13.0. The van der Waals surface area contributed by atoms with Crippen LogP contribution in [0.25, 0.3) is 0 Å². The highest BCUT2D eigenvalue weighted by Gasteiger charge is 2.32. The van der Waals surface area contributed by atoms with Gasteiger partial charge in [-0.1, -0.05) is 6.07 Å². The van der Waals surface area contributed by atoms with Gasteiger partial charge < -0.3 is 10.2 Å². The SMILES string of the molecule is Cc1ncc2c(c1CNC(=O)c1ccc(=O)[nH]n1)CCN(C(=O)c1cccc(C(F)(F)F)c1)C2. The van der Waals surface area contributed by atoms with Gasteiger partial charge in [0.25, 0.3) is 17.4 Å². The largest absolute Gasteiger partial charge is 0.416 e. The van der Waals surface area contributed by atoms with E-state index in [4.69, 9.17) is 0 Å². The van der Waals surface area contributed by atoms with E-state index in [2.05, 4.69) is 20.5 Å². The van der Waals surface area contributed by atoms with Crippen LogP contribution in [0.5, 0.6) is 0 Å². The first kappa shape index (κ1) is 23.1. The van der Waals surface area contributed by atoms with Gasteiger partial charge in [0.05, 0.1) is 5.56 Å². The lowest BCUT2D eigenvalue weighted by Gasteiger charge is -2.30. The van der Waals surface area contributed by atoms with Crippen LogP contribution in [0.1, 0.15) is 48.8 Å². The monoisotopic (exact) mass is 471 g/mol. The Balaban J connectivity index is 1.50. The highest BCUT2D eigenvalue weighted by Crippen LogP contribution is 2.30. The minimum atomic E-state index is -4.53. The Hall–Kier alpha value is -4.02. The van der Waals surface area contributed by atoms with Crippen molar-refractivity contribution in [1.29, 1.82) is 0 Å². The molecule has 176 valence electrons. The quantitative estimate of drug-likeness (QED) is 0.608. The van der Waals surface area contributed by atoms with Crippen molar-refractivity contribution in [2.45, 2.75) is 32.6 Å². The summed E-state index contributed by atoms with van der Waals surface area (Å²) in [5.74, 6) is -0.957. The molecule has 0 unspecified atom stereocenters. The molecule has 11 heteroatoms. The summed E-state index contributed by atoms with van der Waals surface area (Å²) in [6.45, 7) is 2.48. The number of fused-ring (bicyclic) bond motifs is 1. The fourth-order valence-corrected chi connectivity index (χ4v) is 3.87. The zero-order valence-electron chi connectivity index (χ0n) is 18.1. The maximum absolute atomic E-state index is 13.0. The Labute approximate surface area is 191 Å². The van der Waals surface area contributed by atoms with Gasteiger partial charge in [-0.15, -0.1) is 0 Å². The number of rotatable bonds is 4. The lowest BCUT2D eigenvalue weighted by atomic mass is 9.94. The van der Waals surface area contributed by atoms with E-state index in [0.29, 0.717) is 18.7 Å². The van der Waals surface area contributed by atoms with E-state index in [-0.39, 0.29) is 24.3 Å². The third-order valence-electron chi connectivity index (χ3n) is 5.66. The topological polar surface area (TPSA) is 108 Å². The van der Waals surface area contributed by atoms with E-state index >= 15 is 0 Å². The van der Waals surface area contributed by atoms with Gasteiger partial charge in [0, 0.05) is 43.2 Å². The van der Waals surface area contributed by atoms with Crippen molar-refractivity contribution in [3.8, 4) is 0 Å². The van der Waals surface area contributed by atoms with Crippen molar-refractivity contribution in [3.63, 3.8) is 0 Å². The van der Waals surface area contributed by atoms with Crippen molar-refractivity contribution < 1.29 is 22.8 Å². The van der Waals surface area contributed by atoms with Crippen LogP contribution >= 0.6 is 0 Å². The molecule has 2 aromatic heterocycles. The van der Waals surface area contributed by atoms with Gasteiger partial charge in [-0.2, -0.15) is 18.3 Å². The van der Waals surface area contributed by atoms with Gasteiger partial charge in [0.1, 0.15) is 5.69 Å². The Morgan fingerprint density at radius 2 is 2.00 bits per heavy atom. The van der Waals surface area contributed by atoms with Crippen molar-refractivity contribution >= 4 is 11.8 Å². The van der Waals surface area contributed by atoms with Gasteiger partial charge in [-0.25, -0.2) is 5.10 Å². The van der Waals surface area contributed by atoms with Gasteiger partial charge in [-0.3, -0.25) is 19.4 Å². The molecular formula is C23H20F3N5O3. The van der Waals surface area contributed by atoms with E-state index in [0.717, 1.165) is 28.8 Å². The lowest BCUT2D eigenvalue weighted by Crippen LogP contribution is -2.37. The van der Waals surface area contributed by atoms with Crippen LogP contribution in [0.3, 0.4) is 0 Å². The number of pyridine rings is 1. The third kappa shape index (κ3) is 4.82. The van der Waals surface area contributed by atoms with E-state index in [1.54, 1.807) is 13.1 Å². The van der Waals surface area contributed by atoms with E-state index in [1.807, 2.05) is 0 Å². The van der Waals surface area contributed by atoms with E-state index in [1.165, 1.54) is 29.2 Å². The summed E-state index contributed by atoms with van der Waals surface area (Å²) in [6.07, 6.45) is -2.42. The van der Waals surface area contributed by atoms with Gasteiger partial charge in [0.15, 0.2) is 0 Å². The van der Waals surface area contributed by atoms with Crippen LogP contribution in [-0.2, 0) is 25.7 Å². The molecule has 3 heterocycles. The summed E-state index contributed by atoms with van der Waals surface area (Å²) in [5.41, 5.74) is 1.97. The van der Waals surface area contributed by atoms with Crippen LogP contribution in [0.2, 0.25) is 0 Å². The molecule has 0 aliphatic carbocycles. The second-order valence-corrected chi connectivity index (χ2v) is 7.87. The molecule has 34 heavy (non-hydrogen) atoms. The Morgan fingerprint density at radius 3 is 2.71 bits per heavy atom. The number of H-pyrrole nitrogens is 1. The highest BCUT2D eigenvalue weighted by atomic mass is 19.4. The van der Waals surface area contributed by atoms with Crippen LogP contribution in [-0.4, -0.2) is 38.4 Å². The second-order valence-electron chi connectivity index (χ2n) is 7.87. The molecule has 0 atom stereocenters. The number of aromatic amines is 1. The minimum absolute atomic E-state index is 0.0285. The molecule has 1 aliphatic heterocycles. The number of benzene rings is 1. The molecule has 2 amide bonds. The summed E-state index contributed by atoms with van der Waals surface area (Å²) < 4.78 is 39.1. The number of nitrogens with one attached hydrogen (secondary N) is 2. The number of nitrogens with zero attached hydrogens (tertiary/aromatic N) is 3.